The van der Waals surface area contributed by atoms with Gasteiger partial charge in [-0.05, 0) is 43.3 Å². The number of nitrogens with zero attached hydrogens (tertiary/aromatic N) is 2. The number of ether oxygens (including phenoxy) is 3. The number of benzene rings is 3. The first kappa shape index (κ1) is 26.5. The molecule has 0 saturated heterocycles. The lowest BCUT2D eigenvalue weighted by atomic mass is 10.2. The molecule has 1 heterocycles. The van der Waals surface area contributed by atoms with Gasteiger partial charge in [0.2, 0.25) is 5.95 Å². The van der Waals surface area contributed by atoms with Gasteiger partial charge in [0.15, 0.2) is 23.1 Å². The van der Waals surface area contributed by atoms with Gasteiger partial charge in [0, 0.05) is 29.2 Å². The lowest BCUT2D eigenvalue weighted by Gasteiger charge is -2.14. The SMILES string of the molecule is COc1ccc(Nc2nc(Nc3ccc(S(=O)(=O)Nc4ccc(C)cc4)c(OC)c3)ncc2F)cc1OC. The van der Waals surface area contributed by atoms with Gasteiger partial charge in [0.1, 0.15) is 10.6 Å². The summed E-state index contributed by atoms with van der Waals surface area (Å²) in [6, 6.07) is 16.4. The summed E-state index contributed by atoms with van der Waals surface area (Å²) in [5.41, 5.74) is 2.38. The lowest BCUT2D eigenvalue weighted by Crippen LogP contribution is -2.14. The van der Waals surface area contributed by atoms with Crippen LogP contribution in [0.4, 0.5) is 33.2 Å². The number of hydrogen-bond acceptors (Lipinski definition) is 9. The van der Waals surface area contributed by atoms with Gasteiger partial charge >= 0.3 is 0 Å². The minimum absolute atomic E-state index is 0.0537. The molecule has 0 spiro atoms. The molecule has 3 aromatic carbocycles. The van der Waals surface area contributed by atoms with Gasteiger partial charge in [-0.15, -0.1) is 0 Å². The number of halogens is 1. The molecule has 0 fully saturated rings. The Hall–Kier alpha value is -4.58. The van der Waals surface area contributed by atoms with Crippen LogP contribution >= 0.6 is 0 Å². The number of nitrogens with one attached hydrogen (secondary N) is 3. The van der Waals surface area contributed by atoms with Crippen LogP contribution in [0.25, 0.3) is 0 Å². The van der Waals surface area contributed by atoms with Gasteiger partial charge in [-0.2, -0.15) is 4.98 Å². The van der Waals surface area contributed by atoms with E-state index in [2.05, 4.69) is 25.3 Å². The largest absolute Gasteiger partial charge is 0.495 e. The van der Waals surface area contributed by atoms with Crippen molar-refractivity contribution < 1.29 is 27.0 Å². The molecule has 0 aliphatic heterocycles. The molecule has 0 aliphatic carbocycles. The summed E-state index contributed by atoms with van der Waals surface area (Å²) < 4.78 is 58.8. The Morgan fingerprint density at radius 3 is 2.05 bits per heavy atom. The molecular formula is C26H26FN5O5S. The Labute approximate surface area is 219 Å². The van der Waals surface area contributed by atoms with E-state index in [4.69, 9.17) is 14.2 Å². The third kappa shape index (κ3) is 6.03. The summed E-state index contributed by atoms with van der Waals surface area (Å²) in [4.78, 5) is 8.12. The Morgan fingerprint density at radius 1 is 0.763 bits per heavy atom. The maximum absolute atomic E-state index is 14.5. The van der Waals surface area contributed by atoms with Crippen LogP contribution in [0.2, 0.25) is 0 Å². The molecule has 1 aromatic heterocycles. The minimum atomic E-state index is -3.93. The van der Waals surface area contributed by atoms with Crippen molar-refractivity contribution >= 4 is 38.9 Å². The molecule has 12 heteroatoms. The van der Waals surface area contributed by atoms with Crippen molar-refractivity contribution in [2.75, 3.05) is 36.7 Å². The van der Waals surface area contributed by atoms with E-state index in [1.807, 2.05) is 6.92 Å². The van der Waals surface area contributed by atoms with Crippen LogP contribution in [-0.2, 0) is 10.0 Å². The predicted molar refractivity (Wildman–Crippen MR) is 143 cm³/mol. The molecule has 0 atom stereocenters. The number of sulfonamides is 1. The molecule has 4 rings (SSSR count). The van der Waals surface area contributed by atoms with E-state index in [-0.39, 0.29) is 22.4 Å². The van der Waals surface area contributed by atoms with Gasteiger partial charge in [-0.25, -0.2) is 17.8 Å². The first-order valence-corrected chi connectivity index (χ1v) is 12.8. The normalized spacial score (nSPS) is 11.0. The predicted octanol–water partition coefficient (Wildman–Crippen LogP) is 5.24. The van der Waals surface area contributed by atoms with E-state index in [0.717, 1.165) is 11.8 Å². The van der Waals surface area contributed by atoms with Gasteiger partial charge < -0.3 is 24.8 Å². The fourth-order valence-corrected chi connectivity index (χ4v) is 4.70. The zero-order chi connectivity index (χ0) is 27.3. The van der Waals surface area contributed by atoms with Crippen molar-refractivity contribution in [3.05, 3.63) is 78.2 Å². The summed E-state index contributed by atoms with van der Waals surface area (Å²) >= 11 is 0. The summed E-state index contributed by atoms with van der Waals surface area (Å²) in [5, 5.41) is 5.83. The van der Waals surface area contributed by atoms with Crippen LogP contribution in [0, 0.1) is 12.7 Å². The average molecular weight is 540 g/mol. The van der Waals surface area contributed by atoms with E-state index in [1.165, 1.54) is 39.5 Å². The highest BCUT2D eigenvalue weighted by molar-refractivity contribution is 7.92. The second-order valence-corrected chi connectivity index (χ2v) is 9.70. The zero-order valence-corrected chi connectivity index (χ0v) is 21.9. The monoisotopic (exact) mass is 539 g/mol. The summed E-state index contributed by atoms with van der Waals surface area (Å²) in [7, 11) is 0.452. The molecule has 0 amide bonds. The number of anilines is 5. The fourth-order valence-electron chi connectivity index (χ4n) is 3.49. The molecule has 0 saturated carbocycles. The maximum atomic E-state index is 14.5. The zero-order valence-electron chi connectivity index (χ0n) is 21.1. The molecular weight excluding hydrogens is 513 g/mol. The maximum Gasteiger partial charge on any atom is 0.265 e. The molecule has 0 aliphatic rings. The van der Waals surface area contributed by atoms with Crippen LogP contribution in [0.5, 0.6) is 17.2 Å². The molecule has 3 N–H and O–H groups in total. The summed E-state index contributed by atoms with van der Waals surface area (Å²) in [5.74, 6) is 0.404. The molecule has 38 heavy (non-hydrogen) atoms. The van der Waals surface area contributed by atoms with E-state index in [9.17, 15) is 12.8 Å². The van der Waals surface area contributed by atoms with Crippen molar-refractivity contribution in [1.82, 2.24) is 9.97 Å². The number of rotatable bonds is 10. The van der Waals surface area contributed by atoms with Gasteiger partial charge in [-0.1, -0.05) is 17.7 Å². The van der Waals surface area contributed by atoms with Crippen LogP contribution in [0.1, 0.15) is 5.56 Å². The Balaban J connectivity index is 1.55. The van der Waals surface area contributed by atoms with E-state index in [0.29, 0.717) is 28.6 Å². The first-order chi connectivity index (χ1) is 18.2. The second kappa shape index (κ2) is 11.2. The van der Waals surface area contributed by atoms with E-state index >= 15 is 0 Å². The molecule has 4 aromatic rings. The number of methoxy groups -OCH3 is 3. The minimum Gasteiger partial charge on any atom is -0.495 e. The van der Waals surface area contributed by atoms with Crippen molar-refractivity contribution in [3.63, 3.8) is 0 Å². The Kier molecular flexibility index (Phi) is 7.82. The summed E-state index contributed by atoms with van der Waals surface area (Å²) in [6.45, 7) is 1.91. The van der Waals surface area contributed by atoms with Crippen LogP contribution in [0.3, 0.4) is 0 Å². The molecule has 10 nitrogen and oxygen atoms in total. The number of aryl methyl sites for hydroxylation is 1. The number of aromatic nitrogens is 2. The molecule has 0 bridgehead atoms. The molecule has 198 valence electrons. The topological polar surface area (TPSA) is 124 Å². The average Bonchev–Trinajstić information content (AvgIpc) is 2.91. The van der Waals surface area contributed by atoms with E-state index < -0.39 is 15.8 Å². The van der Waals surface area contributed by atoms with Crippen LogP contribution < -0.4 is 29.6 Å². The Bertz CT molecular complexity index is 1550. The first-order valence-electron chi connectivity index (χ1n) is 11.3. The molecule has 0 radical (unpaired) electrons. The lowest BCUT2D eigenvalue weighted by molar-refractivity contribution is 0.355. The highest BCUT2D eigenvalue weighted by Crippen LogP contribution is 2.32. The fraction of sp³-hybridized carbons (Fsp3) is 0.154. The highest BCUT2D eigenvalue weighted by Gasteiger charge is 2.20. The van der Waals surface area contributed by atoms with Crippen molar-refractivity contribution in [1.29, 1.82) is 0 Å². The van der Waals surface area contributed by atoms with Crippen LogP contribution in [-0.4, -0.2) is 39.7 Å². The smallest absolute Gasteiger partial charge is 0.265 e. The number of hydrogen-bond donors (Lipinski definition) is 3. The Morgan fingerprint density at radius 2 is 1.37 bits per heavy atom. The second-order valence-electron chi connectivity index (χ2n) is 8.05. The van der Waals surface area contributed by atoms with Crippen molar-refractivity contribution in [3.8, 4) is 17.2 Å². The van der Waals surface area contributed by atoms with Crippen molar-refractivity contribution in [2.24, 2.45) is 0 Å². The molecule has 0 unspecified atom stereocenters. The highest BCUT2D eigenvalue weighted by atomic mass is 32.2. The van der Waals surface area contributed by atoms with Gasteiger partial charge in [0.05, 0.1) is 27.5 Å². The third-order valence-electron chi connectivity index (χ3n) is 5.40. The standard InChI is InChI=1S/C26H26FN5O5S/c1-16-5-7-17(8-6-16)32-38(33,34)24-12-10-19(14-23(24)37-4)30-26-28-15-20(27)25(31-26)29-18-9-11-21(35-2)22(13-18)36-3/h5-15,32H,1-4H3,(H2,28,29,30,31). The third-order valence-corrected chi connectivity index (χ3v) is 6.82. The van der Waals surface area contributed by atoms with E-state index in [1.54, 1.807) is 42.5 Å². The quantitative estimate of drug-likeness (QED) is 0.248. The van der Waals surface area contributed by atoms with Crippen molar-refractivity contribution in [2.45, 2.75) is 11.8 Å². The summed E-state index contributed by atoms with van der Waals surface area (Å²) in [6.07, 6.45) is 1.01. The van der Waals surface area contributed by atoms with Crippen LogP contribution in [0.15, 0.2) is 71.8 Å². The van der Waals surface area contributed by atoms with Gasteiger partial charge in [-0.3, -0.25) is 4.72 Å². The van der Waals surface area contributed by atoms with Gasteiger partial charge in [0.25, 0.3) is 10.0 Å².